The van der Waals surface area contributed by atoms with Crippen molar-refractivity contribution < 1.29 is 0 Å². The molecular formula is C24H21N3O2. The highest BCUT2D eigenvalue weighted by Crippen LogP contribution is 2.68. The van der Waals surface area contributed by atoms with Gasteiger partial charge < -0.3 is 0 Å². The minimum atomic E-state index is -0.264. The first-order valence-electron chi connectivity index (χ1n) is 10.0. The predicted octanol–water partition coefficient (Wildman–Crippen LogP) is 3.58. The van der Waals surface area contributed by atoms with Gasteiger partial charge in [0.1, 0.15) is 0 Å². The van der Waals surface area contributed by atoms with Gasteiger partial charge in [-0.25, -0.2) is 23.5 Å². The molecule has 5 heteroatoms. The summed E-state index contributed by atoms with van der Waals surface area (Å²) in [5.74, 6) is 0.184. The summed E-state index contributed by atoms with van der Waals surface area (Å²) >= 11 is 0. The van der Waals surface area contributed by atoms with Gasteiger partial charge in [-0.05, 0) is 30.2 Å². The van der Waals surface area contributed by atoms with Crippen LogP contribution in [0, 0.1) is 11.3 Å². The fourth-order valence-electron chi connectivity index (χ4n) is 5.81. The van der Waals surface area contributed by atoms with E-state index in [1.54, 1.807) is 21.5 Å². The van der Waals surface area contributed by atoms with Crippen LogP contribution in [-0.2, 0) is 0 Å². The molecule has 0 radical (unpaired) electrons. The van der Waals surface area contributed by atoms with Crippen LogP contribution in [0.4, 0.5) is 0 Å². The first-order valence-corrected chi connectivity index (χ1v) is 10.0. The van der Waals surface area contributed by atoms with Crippen molar-refractivity contribution in [2.24, 2.45) is 11.3 Å². The Kier molecular flexibility index (Phi) is 3.08. The second-order valence-electron chi connectivity index (χ2n) is 8.41. The van der Waals surface area contributed by atoms with Crippen molar-refractivity contribution in [2.45, 2.75) is 25.9 Å². The molecule has 4 atom stereocenters. The van der Waals surface area contributed by atoms with Gasteiger partial charge in [0.05, 0.1) is 17.8 Å². The maximum Gasteiger partial charge on any atom is 0.352 e. The molecule has 3 heterocycles. The third-order valence-electron chi connectivity index (χ3n) is 7.27. The molecule has 2 bridgehead atoms. The van der Waals surface area contributed by atoms with Crippen molar-refractivity contribution in [2.75, 3.05) is 0 Å². The van der Waals surface area contributed by atoms with Gasteiger partial charge in [0.15, 0.2) is 0 Å². The highest BCUT2D eigenvalue weighted by molar-refractivity contribution is 5.80. The Labute approximate surface area is 167 Å². The van der Waals surface area contributed by atoms with Gasteiger partial charge in [-0.3, -0.25) is 0 Å². The molecule has 3 aromatic rings. The van der Waals surface area contributed by atoms with Gasteiger partial charge in [-0.2, -0.15) is 0 Å². The Balaban J connectivity index is 1.59. The second-order valence-corrected chi connectivity index (χ2v) is 8.41. The number of hydrogen-bond acceptors (Lipinski definition) is 2. The highest BCUT2D eigenvalue weighted by atomic mass is 16.2. The van der Waals surface area contributed by atoms with E-state index in [4.69, 9.17) is 0 Å². The van der Waals surface area contributed by atoms with E-state index in [1.807, 2.05) is 24.3 Å². The van der Waals surface area contributed by atoms with E-state index < -0.39 is 0 Å². The smallest absolute Gasteiger partial charge is 0.245 e. The van der Waals surface area contributed by atoms with Crippen LogP contribution in [0.1, 0.15) is 31.5 Å². The lowest BCUT2D eigenvalue weighted by molar-refractivity contribution is 0.0516. The summed E-state index contributed by atoms with van der Waals surface area (Å²) in [6, 6.07) is 19.3. The number of nitrogens with zero attached hydrogens (tertiary/aromatic N) is 3. The standard InChI is InChI=1S/C24H21N3O2/c1-15-20(16-9-5-3-6-10-16)21-18-13-14-19(24(15,21)2)27-23(29)25(22(28)26(18)27)17-11-7-4-8-12-17/h3-14,18-19,21H,1-2H3/t18-,19-,21+,24+/m1/s1. The molecule has 144 valence electrons. The van der Waals surface area contributed by atoms with E-state index >= 15 is 0 Å². The molecule has 7 rings (SSSR count). The molecule has 2 aliphatic heterocycles. The van der Waals surface area contributed by atoms with Gasteiger partial charge in [0.2, 0.25) is 0 Å². The molecule has 1 aromatic heterocycles. The van der Waals surface area contributed by atoms with Gasteiger partial charge in [-0.1, -0.05) is 73.2 Å². The quantitative estimate of drug-likeness (QED) is 0.635. The van der Waals surface area contributed by atoms with Crippen LogP contribution in [0.3, 0.4) is 0 Å². The van der Waals surface area contributed by atoms with E-state index in [1.165, 1.54) is 21.3 Å². The van der Waals surface area contributed by atoms with Crippen molar-refractivity contribution in [3.8, 4) is 5.69 Å². The zero-order valence-corrected chi connectivity index (χ0v) is 16.3. The normalized spacial score (nSPS) is 28.8. The van der Waals surface area contributed by atoms with Crippen LogP contribution < -0.4 is 11.4 Å². The Morgan fingerprint density at radius 1 is 0.828 bits per heavy atom. The molecule has 0 saturated carbocycles. The topological polar surface area (TPSA) is 48.9 Å². The van der Waals surface area contributed by atoms with Gasteiger partial charge in [0, 0.05) is 11.3 Å². The number of allylic oxidation sites excluding steroid dienone is 4. The summed E-state index contributed by atoms with van der Waals surface area (Å²) in [4.78, 5) is 26.7. The van der Waals surface area contributed by atoms with Crippen LogP contribution in [0.2, 0.25) is 0 Å². The van der Waals surface area contributed by atoms with Crippen LogP contribution in [0.15, 0.2) is 88.0 Å². The fraction of sp³-hybridized carbons (Fsp3) is 0.250. The number of hydrogen-bond donors (Lipinski definition) is 0. The maximum atomic E-state index is 13.4. The van der Waals surface area contributed by atoms with E-state index in [9.17, 15) is 9.59 Å². The number of aromatic nitrogens is 3. The second kappa shape index (κ2) is 5.38. The first kappa shape index (κ1) is 16.6. The molecule has 5 nitrogen and oxygen atoms in total. The third-order valence-corrected chi connectivity index (χ3v) is 7.27. The van der Waals surface area contributed by atoms with Gasteiger partial charge >= 0.3 is 11.4 Å². The predicted molar refractivity (Wildman–Crippen MR) is 112 cm³/mol. The number of para-hydroxylation sites is 1. The fourth-order valence-corrected chi connectivity index (χ4v) is 5.81. The molecular weight excluding hydrogens is 362 g/mol. The third kappa shape index (κ3) is 1.81. The minimum Gasteiger partial charge on any atom is -0.245 e. The summed E-state index contributed by atoms with van der Waals surface area (Å²) in [5, 5.41) is 0. The van der Waals surface area contributed by atoms with Crippen LogP contribution >= 0.6 is 0 Å². The molecule has 0 spiro atoms. The Morgan fingerprint density at radius 2 is 1.45 bits per heavy atom. The van der Waals surface area contributed by atoms with E-state index in [0.717, 1.165) is 0 Å². The van der Waals surface area contributed by atoms with Crippen LogP contribution in [0.5, 0.6) is 0 Å². The molecule has 2 aliphatic carbocycles. The summed E-state index contributed by atoms with van der Waals surface area (Å²) in [6.07, 6.45) is 4.23. The molecule has 0 N–H and O–H groups in total. The molecule has 0 unspecified atom stereocenters. The highest BCUT2D eigenvalue weighted by Gasteiger charge is 2.62. The minimum absolute atomic E-state index is 0.157. The maximum absolute atomic E-state index is 13.4. The lowest BCUT2D eigenvalue weighted by Crippen LogP contribution is -2.59. The van der Waals surface area contributed by atoms with Crippen molar-refractivity contribution in [1.82, 2.24) is 13.9 Å². The van der Waals surface area contributed by atoms with Crippen molar-refractivity contribution >= 4 is 5.57 Å². The largest absolute Gasteiger partial charge is 0.352 e. The van der Waals surface area contributed by atoms with Crippen molar-refractivity contribution in [3.63, 3.8) is 0 Å². The molecule has 4 aliphatic rings. The van der Waals surface area contributed by atoms with Crippen molar-refractivity contribution in [1.29, 1.82) is 0 Å². The van der Waals surface area contributed by atoms with E-state index in [0.29, 0.717) is 5.69 Å². The van der Waals surface area contributed by atoms with Gasteiger partial charge in [0.25, 0.3) is 0 Å². The Hall–Kier alpha value is -3.34. The van der Waals surface area contributed by atoms with E-state index in [-0.39, 0.29) is 34.8 Å². The summed E-state index contributed by atoms with van der Waals surface area (Å²) in [7, 11) is 0. The molecule has 0 amide bonds. The zero-order valence-electron chi connectivity index (χ0n) is 16.3. The van der Waals surface area contributed by atoms with Gasteiger partial charge in [-0.15, -0.1) is 0 Å². The first-order chi connectivity index (χ1) is 14.0. The zero-order chi connectivity index (χ0) is 19.9. The van der Waals surface area contributed by atoms with Crippen molar-refractivity contribution in [3.05, 3.63) is 105 Å². The summed E-state index contributed by atoms with van der Waals surface area (Å²) in [5.41, 5.74) is 3.75. The molecule has 0 fully saturated rings. The molecule has 2 aromatic carbocycles. The average molecular weight is 383 g/mol. The summed E-state index contributed by atoms with van der Waals surface area (Å²) < 4.78 is 4.67. The number of rotatable bonds is 2. The molecule has 0 saturated heterocycles. The summed E-state index contributed by atoms with van der Waals surface area (Å²) in [6.45, 7) is 4.41. The number of benzene rings is 2. The Morgan fingerprint density at radius 3 is 2.14 bits per heavy atom. The lowest BCUT2D eigenvalue weighted by Gasteiger charge is -2.61. The molecule has 29 heavy (non-hydrogen) atoms. The SMILES string of the molecule is CC1=C(c2ccccc2)[C@@H]2[C@H]3C=C[C@@H](n4c(=O)n(-c5ccccc5)c(=O)n43)[C@]12C. The van der Waals surface area contributed by atoms with Crippen LogP contribution in [0.25, 0.3) is 11.3 Å². The van der Waals surface area contributed by atoms with E-state index in [2.05, 4.69) is 50.3 Å². The monoisotopic (exact) mass is 383 g/mol. The lowest BCUT2D eigenvalue weighted by atomic mass is 9.48. The average Bonchev–Trinajstić information content (AvgIpc) is 3.03. The van der Waals surface area contributed by atoms with Crippen LogP contribution in [-0.4, -0.2) is 13.9 Å². The Bertz CT molecular complexity index is 1320.